The lowest BCUT2D eigenvalue weighted by Crippen LogP contribution is -2.15. The Hall–Kier alpha value is -1.29. The summed E-state index contributed by atoms with van der Waals surface area (Å²) in [4.78, 5) is 11.2. The zero-order valence-electron chi connectivity index (χ0n) is 13.0. The molecule has 1 heterocycles. The number of nitrogens with two attached hydrogens (primary N) is 1. The van der Waals surface area contributed by atoms with Gasteiger partial charge < -0.3 is 15.0 Å². The molecule has 20 heavy (non-hydrogen) atoms. The third-order valence-electron chi connectivity index (χ3n) is 3.48. The van der Waals surface area contributed by atoms with Crippen molar-refractivity contribution in [1.82, 2.24) is 4.57 Å². The molecule has 0 spiro atoms. The number of hydrogen-bond acceptors (Lipinski definition) is 3. The molecule has 1 rings (SSSR count). The maximum absolute atomic E-state index is 11.2. The van der Waals surface area contributed by atoms with Gasteiger partial charge in [0, 0.05) is 31.4 Å². The Kier molecular flexibility index (Phi) is 7.37. The highest BCUT2D eigenvalue weighted by atomic mass is 16.5. The number of hydrogen-bond donors (Lipinski definition) is 1. The molecule has 2 N–H and O–H groups in total. The van der Waals surface area contributed by atoms with Crippen molar-refractivity contribution in [1.29, 1.82) is 0 Å². The number of carbonyl (C=O) groups excluding carboxylic acids is 1. The SMILES string of the molecule is CCOC(=O)CCCCCn1ccc(C(N)C(C)C)c1. The van der Waals surface area contributed by atoms with E-state index in [1.54, 1.807) is 0 Å². The quantitative estimate of drug-likeness (QED) is 0.558. The first-order valence-electron chi connectivity index (χ1n) is 7.61. The summed E-state index contributed by atoms with van der Waals surface area (Å²) in [6.07, 6.45) is 7.77. The van der Waals surface area contributed by atoms with Gasteiger partial charge >= 0.3 is 5.97 Å². The number of carbonyl (C=O) groups is 1. The van der Waals surface area contributed by atoms with Gasteiger partial charge in [0.1, 0.15) is 0 Å². The molecule has 1 aromatic rings. The van der Waals surface area contributed by atoms with Crippen LogP contribution in [0.1, 0.15) is 58.1 Å². The normalized spacial score (nSPS) is 12.7. The van der Waals surface area contributed by atoms with Crippen LogP contribution in [0, 0.1) is 5.92 Å². The van der Waals surface area contributed by atoms with Crippen LogP contribution in [-0.2, 0) is 16.1 Å². The molecular weight excluding hydrogens is 252 g/mol. The van der Waals surface area contributed by atoms with E-state index < -0.39 is 0 Å². The lowest BCUT2D eigenvalue weighted by molar-refractivity contribution is -0.143. The molecule has 0 aromatic carbocycles. The van der Waals surface area contributed by atoms with E-state index in [0.717, 1.165) is 25.8 Å². The summed E-state index contributed by atoms with van der Waals surface area (Å²) in [6, 6.07) is 2.21. The van der Waals surface area contributed by atoms with Gasteiger partial charge in [0.05, 0.1) is 6.61 Å². The zero-order chi connectivity index (χ0) is 15.0. The Labute approximate surface area is 122 Å². The molecular formula is C16H28N2O2. The number of ether oxygens (including phenoxy) is 1. The van der Waals surface area contributed by atoms with Crippen molar-refractivity contribution in [2.24, 2.45) is 11.7 Å². The van der Waals surface area contributed by atoms with E-state index in [-0.39, 0.29) is 12.0 Å². The van der Waals surface area contributed by atoms with Crippen LogP contribution in [-0.4, -0.2) is 17.1 Å². The van der Waals surface area contributed by atoms with E-state index in [1.165, 1.54) is 5.56 Å². The van der Waals surface area contributed by atoms with Crippen LogP contribution < -0.4 is 5.73 Å². The van der Waals surface area contributed by atoms with E-state index in [9.17, 15) is 4.79 Å². The summed E-state index contributed by atoms with van der Waals surface area (Å²) in [5.74, 6) is 0.370. The molecule has 0 aliphatic heterocycles. The second kappa shape index (κ2) is 8.80. The number of unbranched alkanes of at least 4 members (excludes halogenated alkanes) is 2. The lowest BCUT2D eigenvalue weighted by Gasteiger charge is -2.13. The number of nitrogens with zero attached hydrogens (tertiary/aromatic N) is 1. The fourth-order valence-electron chi connectivity index (χ4n) is 2.15. The second-order valence-electron chi connectivity index (χ2n) is 5.57. The van der Waals surface area contributed by atoms with E-state index in [2.05, 4.69) is 36.9 Å². The third kappa shape index (κ3) is 5.78. The fraction of sp³-hybridized carbons (Fsp3) is 0.688. The number of esters is 1. The minimum absolute atomic E-state index is 0.0846. The first-order chi connectivity index (χ1) is 9.54. The van der Waals surface area contributed by atoms with Gasteiger partial charge in [-0.2, -0.15) is 0 Å². The summed E-state index contributed by atoms with van der Waals surface area (Å²) < 4.78 is 7.08. The molecule has 114 valence electrons. The molecule has 0 bridgehead atoms. The van der Waals surface area contributed by atoms with Crippen molar-refractivity contribution in [3.63, 3.8) is 0 Å². The molecule has 4 heteroatoms. The summed E-state index contributed by atoms with van der Waals surface area (Å²) in [5, 5.41) is 0. The molecule has 0 aliphatic carbocycles. The van der Waals surface area contributed by atoms with E-state index in [1.807, 2.05) is 6.92 Å². The number of aryl methyl sites for hydroxylation is 1. The van der Waals surface area contributed by atoms with Crippen LogP contribution in [0.3, 0.4) is 0 Å². The lowest BCUT2D eigenvalue weighted by atomic mass is 10.00. The van der Waals surface area contributed by atoms with Crippen molar-refractivity contribution in [3.05, 3.63) is 24.0 Å². The van der Waals surface area contributed by atoms with Crippen LogP contribution in [0.5, 0.6) is 0 Å². The van der Waals surface area contributed by atoms with Crippen molar-refractivity contribution in [2.45, 2.75) is 59.0 Å². The van der Waals surface area contributed by atoms with Gasteiger partial charge in [-0.1, -0.05) is 20.3 Å². The zero-order valence-corrected chi connectivity index (χ0v) is 13.0. The highest BCUT2D eigenvalue weighted by Crippen LogP contribution is 2.19. The largest absolute Gasteiger partial charge is 0.466 e. The maximum atomic E-state index is 11.2. The van der Waals surface area contributed by atoms with Gasteiger partial charge in [0.2, 0.25) is 0 Å². The molecule has 1 atom stereocenters. The average Bonchev–Trinajstić information content (AvgIpc) is 2.86. The fourth-order valence-corrected chi connectivity index (χ4v) is 2.15. The van der Waals surface area contributed by atoms with Gasteiger partial charge in [-0.15, -0.1) is 0 Å². The Morgan fingerprint density at radius 2 is 2.10 bits per heavy atom. The summed E-state index contributed by atoms with van der Waals surface area (Å²) in [7, 11) is 0. The highest BCUT2D eigenvalue weighted by molar-refractivity contribution is 5.69. The molecule has 4 nitrogen and oxygen atoms in total. The molecule has 1 aromatic heterocycles. The molecule has 0 amide bonds. The first-order valence-corrected chi connectivity index (χ1v) is 7.61. The van der Waals surface area contributed by atoms with E-state index >= 15 is 0 Å². The molecule has 1 unspecified atom stereocenters. The monoisotopic (exact) mass is 280 g/mol. The minimum atomic E-state index is -0.0846. The Morgan fingerprint density at radius 3 is 2.75 bits per heavy atom. The van der Waals surface area contributed by atoms with Gasteiger partial charge in [0.15, 0.2) is 0 Å². The van der Waals surface area contributed by atoms with E-state index in [0.29, 0.717) is 18.9 Å². The van der Waals surface area contributed by atoms with Crippen LogP contribution in [0.4, 0.5) is 0 Å². The Balaban J connectivity index is 2.21. The molecule has 0 saturated heterocycles. The highest BCUT2D eigenvalue weighted by Gasteiger charge is 2.11. The minimum Gasteiger partial charge on any atom is -0.466 e. The predicted molar refractivity (Wildman–Crippen MR) is 81.3 cm³/mol. The van der Waals surface area contributed by atoms with Crippen molar-refractivity contribution < 1.29 is 9.53 Å². The maximum Gasteiger partial charge on any atom is 0.305 e. The molecule has 0 saturated carbocycles. The van der Waals surface area contributed by atoms with Crippen molar-refractivity contribution in [2.75, 3.05) is 6.61 Å². The summed E-state index contributed by atoms with van der Waals surface area (Å²) in [6.45, 7) is 7.56. The summed E-state index contributed by atoms with van der Waals surface area (Å²) >= 11 is 0. The summed E-state index contributed by atoms with van der Waals surface area (Å²) in [5.41, 5.74) is 7.33. The van der Waals surface area contributed by atoms with Gasteiger partial charge in [-0.3, -0.25) is 4.79 Å². The Bertz CT molecular complexity index is 399. The number of aromatic nitrogens is 1. The van der Waals surface area contributed by atoms with Crippen LogP contribution in [0.2, 0.25) is 0 Å². The predicted octanol–water partition coefficient (Wildman–Crippen LogP) is 3.27. The number of rotatable bonds is 9. The third-order valence-corrected chi connectivity index (χ3v) is 3.48. The Morgan fingerprint density at radius 1 is 1.35 bits per heavy atom. The standard InChI is InChI=1S/C16H28N2O2/c1-4-20-15(19)8-6-5-7-10-18-11-9-14(12-18)16(17)13(2)3/h9,11-13,16H,4-8,10,17H2,1-3H3. The van der Waals surface area contributed by atoms with Gasteiger partial charge in [-0.25, -0.2) is 0 Å². The van der Waals surface area contributed by atoms with Crippen molar-refractivity contribution >= 4 is 5.97 Å². The first kappa shape index (κ1) is 16.8. The molecule has 0 radical (unpaired) electrons. The van der Waals surface area contributed by atoms with Crippen molar-refractivity contribution in [3.8, 4) is 0 Å². The van der Waals surface area contributed by atoms with E-state index in [4.69, 9.17) is 10.5 Å². The van der Waals surface area contributed by atoms with Crippen LogP contribution >= 0.6 is 0 Å². The molecule has 0 aliphatic rings. The smallest absolute Gasteiger partial charge is 0.305 e. The van der Waals surface area contributed by atoms with Gasteiger partial charge in [-0.05, 0) is 37.3 Å². The molecule has 0 fully saturated rings. The van der Waals surface area contributed by atoms with Crippen LogP contribution in [0.25, 0.3) is 0 Å². The van der Waals surface area contributed by atoms with Gasteiger partial charge in [0.25, 0.3) is 0 Å². The second-order valence-corrected chi connectivity index (χ2v) is 5.57. The topological polar surface area (TPSA) is 57.2 Å². The van der Waals surface area contributed by atoms with Crippen LogP contribution in [0.15, 0.2) is 18.5 Å². The average molecular weight is 280 g/mol.